The van der Waals surface area contributed by atoms with E-state index in [1.807, 2.05) is 100 Å². The minimum Gasteiger partial charge on any atom is -0.462 e. The van der Waals surface area contributed by atoms with Crippen LogP contribution in [0.5, 0.6) is 0 Å². The molecule has 50 heavy (non-hydrogen) atoms. The number of esters is 2. The maximum absolute atomic E-state index is 12.9. The fourth-order valence-electron chi connectivity index (χ4n) is 6.93. The quantitative estimate of drug-likeness (QED) is 0.101. The van der Waals surface area contributed by atoms with Crippen LogP contribution in [0.3, 0.4) is 0 Å². The van der Waals surface area contributed by atoms with Gasteiger partial charge in [0.15, 0.2) is 0 Å². The van der Waals surface area contributed by atoms with Crippen LogP contribution in [0.1, 0.15) is 84.5 Å². The van der Waals surface area contributed by atoms with Crippen molar-refractivity contribution in [3.8, 4) is 22.3 Å². The smallest absolute Gasteiger partial charge is 0.338 e. The van der Waals surface area contributed by atoms with Crippen LogP contribution in [0, 0.1) is 0 Å². The number of hydrogen-bond acceptors (Lipinski definition) is 8. The van der Waals surface area contributed by atoms with E-state index in [1.54, 1.807) is 26.0 Å². The zero-order valence-electron chi connectivity index (χ0n) is 28.9. The number of hydrogen-bond donors (Lipinski definition) is 0. The van der Waals surface area contributed by atoms with Crippen molar-refractivity contribution in [3.63, 3.8) is 0 Å². The van der Waals surface area contributed by atoms with Crippen LogP contribution in [-0.2, 0) is 9.47 Å². The molecule has 0 atom stereocenters. The highest BCUT2D eigenvalue weighted by Gasteiger charge is 2.32. The summed E-state index contributed by atoms with van der Waals surface area (Å²) in [6.07, 6.45) is 0. The topological polar surface area (TPSA) is 102 Å². The Morgan fingerprint density at radius 2 is 0.760 bits per heavy atom. The second-order valence-electron chi connectivity index (χ2n) is 12.3. The summed E-state index contributed by atoms with van der Waals surface area (Å²) in [6.45, 7) is 12.3. The Hall–Kier alpha value is -6.02. The summed E-state index contributed by atoms with van der Waals surface area (Å²) >= 11 is 0. The number of carbonyl (C=O) groups is 2. The molecular weight excluding hydrogens is 624 g/mol. The van der Waals surface area contributed by atoms with Crippen molar-refractivity contribution in [1.82, 2.24) is 0 Å². The molecule has 4 aromatic rings. The third kappa shape index (κ3) is 5.24. The van der Waals surface area contributed by atoms with Gasteiger partial charge in [-0.2, -0.15) is 0 Å². The van der Waals surface area contributed by atoms with Crippen LogP contribution in [0.25, 0.3) is 22.3 Å². The molecule has 0 saturated heterocycles. The number of fused-ring (bicyclic) bond motifs is 6. The lowest BCUT2D eigenvalue weighted by molar-refractivity contribution is 0.0517. The van der Waals surface area contributed by atoms with Crippen molar-refractivity contribution in [2.75, 3.05) is 13.2 Å². The van der Waals surface area contributed by atoms with Crippen LogP contribution in [-0.4, -0.2) is 48.0 Å². The van der Waals surface area contributed by atoms with Gasteiger partial charge >= 0.3 is 11.9 Å². The lowest BCUT2D eigenvalue weighted by atomic mass is 9.86. The Bertz CT molecular complexity index is 2130. The molecule has 0 bridgehead atoms. The van der Waals surface area contributed by atoms with E-state index in [-0.39, 0.29) is 11.9 Å². The summed E-state index contributed by atoms with van der Waals surface area (Å²) in [5, 5.41) is 19.4. The van der Waals surface area contributed by atoms with E-state index in [0.29, 0.717) is 35.8 Å². The van der Waals surface area contributed by atoms with E-state index in [9.17, 15) is 9.59 Å². The van der Waals surface area contributed by atoms with E-state index in [2.05, 4.69) is 0 Å². The molecule has 0 saturated carbocycles. The van der Waals surface area contributed by atoms with Gasteiger partial charge in [-0.25, -0.2) is 9.59 Å². The van der Waals surface area contributed by atoms with E-state index in [1.165, 1.54) is 0 Å². The van der Waals surface area contributed by atoms with Crippen molar-refractivity contribution >= 4 is 34.8 Å². The van der Waals surface area contributed by atoms with Crippen molar-refractivity contribution < 1.29 is 19.1 Å². The van der Waals surface area contributed by atoms with Gasteiger partial charge in [0.05, 0.1) is 35.8 Å². The predicted octanol–water partition coefficient (Wildman–Crippen LogP) is 8.77. The van der Waals surface area contributed by atoms with Gasteiger partial charge in [0.2, 0.25) is 0 Å². The van der Waals surface area contributed by atoms with Crippen molar-refractivity contribution in [2.24, 2.45) is 20.4 Å². The van der Waals surface area contributed by atoms with Gasteiger partial charge in [-0.15, -0.1) is 20.4 Å². The minimum atomic E-state index is -0.359. The Morgan fingerprint density at radius 3 is 1.12 bits per heavy atom. The summed E-state index contributed by atoms with van der Waals surface area (Å²) in [6, 6.07) is 27.1. The number of ether oxygens (including phenoxy) is 2. The molecule has 0 unspecified atom stereocenters. The molecule has 0 aliphatic heterocycles. The standard InChI is InChI=1S/C42H36N4O4/c1-7-49-41(47)33-21-13-19-31-35(33)27-15-9-11-17-29(27)39(31)45-43-37-23(3)25(5)38(26(6)24(37)4)44-46-40-30-18-12-10-16-28(30)36-32(40)20-14-22-34(36)42(48)50-8-2/h9-22H,7-8H2,1-6H3. The first-order chi connectivity index (χ1) is 24.3. The molecule has 0 radical (unpaired) electrons. The first-order valence-electron chi connectivity index (χ1n) is 16.7. The Morgan fingerprint density at radius 1 is 0.440 bits per heavy atom. The van der Waals surface area contributed by atoms with Crippen LogP contribution in [0.2, 0.25) is 0 Å². The minimum absolute atomic E-state index is 0.295. The molecule has 0 spiro atoms. The maximum atomic E-state index is 12.9. The van der Waals surface area contributed by atoms with E-state index < -0.39 is 0 Å². The highest BCUT2D eigenvalue weighted by Crippen LogP contribution is 2.41. The normalized spacial score (nSPS) is 16.0. The number of allylic oxidation sites excluding steroid dienone is 4. The summed E-state index contributed by atoms with van der Waals surface area (Å²) < 4.78 is 10.7. The Kier molecular flexibility index (Phi) is 8.53. The SMILES string of the molecule is CCOC(=O)c1cccc2c1-c1ccccc1C2=NN=C1C(C)=C(C)C(=NN=C2c3ccccc3-c3c(C(=O)OCC)cccc32)C(C)=C1C. The van der Waals surface area contributed by atoms with Gasteiger partial charge in [0.1, 0.15) is 11.4 Å². The molecule has 0 heterocycles. The molecule has 248 valence electrons. The summed E-state index contributed by atoms with van der Waals surface area (Å²) in [7, 11) is 0. The molecule has 3 aliphatic carbocycles. The molecule has 8 heteroatoms. The largest absolute Gasteiger partial charge is 0.462 e. The predicted molar refractivity (Wildman–Crippen MR) is 199 cm³/mol. The van der Waals surface area contributed by atoms with Crippen LogP contribution >= 0.6 is 0 Å². The molecule has 3 aliphatic rings. The maximum Gasteiger partial charge on any atom is 0.338 e. The zero-order chi connectivity index (χ0) is 35.1. The average molecular weight is 661 g/mol. The zero-order valence-corrected chi connectivity index (χ0v) is 28.9. The highest BCUT2D eigenvalue weighted by molar-refractivity contribution is 6.30. The van der Waals surface area contributed by atoms with Crippen molar-refractivity contribution in [1.29, 1.82) is 0 Å². The third-order valence-corrected chi connectivity index (χ3v) is 9.58. The monoisotopic (exact) mass is 660 g/mol. The first kappa shape index (κ1) is 32.5. The Balaban J connectivity index is 1.30. The molecule has 8 nitrogen and oxygen atoms in total. The lowest BCUT2D eigenvalue weighted by Crippen LogP contribution is -2.20. The van der Waals surface area contributed by atoms with Crippen LogP contribution in [0.15, 0.2) is 128 Å². The van der Waals surface area contributed by atoms with Crippen molar-refractivity contribution in [2.45, 2.75) is 41.5 Å². The first-order valence-corrected chi connectivity index (χ1v) is 16.7. The molecule has 7 rings (SSSR count). The fourth-order valence-corrected chi connectivity index (χ4v) is 6.93. The number of rotatable bonds is 6. The summed E-state index contributed by atoms with van der Waals surface area (Å²) in [5.74, 6) is -0.718. The molecule has 0 N–H and O–H groups in total. The molecule has 0 amide bonds. The second-order valence-corrected chi connectivity index (χ2v) is 12.3. The lowest BCUT2D eigenvalue weighted by Gasteiger charge is -2.21. The molecular formula is C42H36N4O4. The summed E-state index contributed by atoms with van der Waals surface area (Å²) in [4.78, 5) is 25.8. The van der Waals surface area contributed by atoms with Gasteiger partial charge in [-0.1, -0.05) is 72.8 Å². The van der Waals surface area contributed by atoms with Gasteiger partial charge in [0.25, 0.3) is 0 Å². The average Bonchev–Trinajstić information content (AvgIpc) is 3.63. The van der Waals surface area contributed by atoms with Gasteiger partial charge in [-0.3, -0.25) is 0 Å². The molecule has 4 aromatic carbocycles. The number of benzene rings is 4. The Labute approximate surface area is 291 Å². The van der Waals surface area contributed by atoms with Gasteiger partial charge in [-0.05, 0) is 87.1 Å². The van der Waals surface area contributed by atoms with E-state index >= 15 is 0 Å². The van der Waals surface area contributed by atoms with Crippen LogP contribution < -0.4 is 0 Å². The van der Waals surface area contributed by atoms with Crippen molar-refractivity contribution in [3.05, 3.63) is 141 Å². The van der Waals surface area contributed by atoms with E-state index in [4.69, 9.17) is 29.9 Å². The van der Waals surface area contributed by atoms with Crippen LogP contribution in [0.4, 0.5) is 0 Å². The van der Waals surface area contributed by atoms with Gasteiger partial charge < -0.3 is 9.47 Å². The third-order valence-electron chi connectivity index (χ3n) is 9.58. The second kappa shape index (κ2) is 13.1. The fraction of sp³-hybridized carbons (Fsp3) is 0.190. The van der Waals surface area contributed by atoms with E-state index in [0.717, 1.165) is 78.2 Å². The van der Waals surface area contributed by atoms with Gasteiger partial charge in [0, 0.05) is 33.4 Å². The summed E-state index contributed by atoms with van der Waals surface area (Å²) in [5.41, 5.74) is 14.7. The molecule has 0 aromatic heterocycles. The molecule has 0 fully saturated rings. The number of nitrogens with zero attached hydrogens (tertiary/aromatic N) is 4. The highest BCUT2D eigenvalue weighted by atomic mass is 16.5. The number of carbonyl (C=O) groups excluding carboxylic acids is 2.